The first-order valence-electron chi connectivity index (χ1n) is 4.53. The van der Waals surface area contributed by atoms with Gasteiger partial charge in [0.25, 0.3) is 0 Å². The summed E-state index contributed by atoms with van der Waals surface area (Å²) in [5, 5.41) is 9.55. The minimum atomic E-state index is -0.226. The summed E-state index contributed by atoms with van der Waals surface area (Å²) in [6.07, 6.45) is 0.607. The lowest BCUT2D eigenvalue weighted by Gasteiger charge is -1.96. The minimum absolute atomic E-state index is 0.226. The van der Waals surface area contributed by atoms with E-state index in [-0.39, 0.29) is 5.82 Å². The Morgan fingerprint density at radius 2 is 2.07 bits per heavy atom. The third-order valence-electron chi connectivity index (χ3n) is 1.93. The van der Waals surface area contributed by atoms with Crippen molar-refractivity contribution in [1.29, 1.82) is 0 Å². The topological polar surface area (TPSA) is 51.8 Å². The maximum Gasteiger partial charge on any atom is 0.131 e. The van der Waals surface area contributed by atoms with Crippen LogP contribution in [0.5, 0.6) is 0 Å². The van der Waals surface area contributed by atoms with Crippen molar-refractivity contribution in [1.82, 2.24) is 10.2 Å². The van der Waals surface area contributed by atoms with Gasteiger partial charge in [-0.1, -0.05) is 23.5 Å². The summed E-state index contributed by atoms with van der Waals surface area (Å²) >= 11 is 1.46. The first kappa shape index (κ1) is 10.2. The van der Waals surface area contributed by atoms with Crippen LogP contribution in [0, 0.1) is 5.82 Å². The molecule has 5 heteroatoms. The Kier molecular flexibility index (Phi) is 3.03. The van der Waals surface area contributed by atoms with Crippen molar-refractivity contribution in [3.05, 3.63) is 45.7 Å². The number of nitrogens with two attached hydrogens (primary N) is 1. The van der Waals surface area contributed by atoms with E-state index in [4.69, 9.17) is 5.73 Å². The molecule has 0 unspecified atom stereocenters. The second kappa shape index (κ2) is 4.46. The Morgan fingerprint density at radius 3 is 2.73 bits per heavy atom. The third kappa shape index (κ3) is 2.57. The molecule has 2 aromatic rings. The molecule has 2 rings (SSSR count). The van der Waals surface area contributed by atoms with Crippen LogP contribution in [0.2, 0.25) is 0 Å². The second-order valence-electron chi connectivity index (χ2n) is 3.10. The molecule has 0 aliphatic carbocycles. The largest absolute Gasteiger partial charge is 0.324 e. The molecule has 0 amide bonds. The highest BCUT2D eigenvalue weighted by Crippen LogP contribution is 2.14. The molecule has 3 nitrogen and oxygen atoms in total. The van der Waals surface area contributed by atoms with Gasteiger partial charge in [-0.3, -0.25) is 0 Å². The molecule has 0 saturated heterocycles. The zero-order valence-electron chi connectivity index (χ0n) is 7.98. The summed E-state index contributed by atoms with van der Waals surface area (Å²) in [6.45, 7) is 0.404. The maximum atomic E-state index is 12.9. The number of hydrogen-bond acceptors (Lipinski definition) is 4. The highest BCUT2D eigenvalue weighted by atomic mass is 32.1. The van der Waals surface area contributed by atoms with Gasteiger partial charge in [-0.25, -0.2) is 4.39 Å². The monoisotopic (exact) mass is 223 g/mol. The molecular weight excluding hydrogens is 213 g/mol. The van der Waals surface area contributed by atoms with Crippen molar-refractivity contribution < 1.29 is 4.39 Å². The number of aromatic nitrogens is 2. The number of benzene rings is 1. The predicted octanol–water partition coefficient (Wildman–Crippen LogP) is 1.73. The summed E-state index contributed by atoms with van der Waals surface area (Å²) < 4.78 is 12.9. The van der Waals surface area contributed by atoms with Gasteiger partial charge in [-0.05, 0) is 17.7 Å². The van der Waals surface area contributed by atoms with Crippen molar-refractivity contribution in [2.24, 2.45) is 5.73 Å². The lowest BCUT2D eigenvalue weighted by molar-refractivity contribution is 0.626. The Balaban J connectivity index is 2.14. The third-order valence-corrected chi connectivity index (χ3v) is 2.87. The molecule has 0 aliphatic rings. The van der Waals surface area contributed by atoms with Gasteiger partial charge in [0.1, 0.15) is 15.8 Å². The smallest absolute Gasteiger partial charge is 0.131 e. The van der Waals surface area contributed by atoms with Crippen LogP contribution in [-0.4, -0.2) is 10.2 Å². The van der Waals surface area contributed by atoms with E-state index in [9.17, 15) is 4.39 Å². The lowest BCUT2D eigenvalue weighted by Crippen LogP contribution is -1.94. The van der Waals surface area contributed by atoms with Gasteiger partial charge in [0.2, 0.25) is 0 Å². The molecule has 0 atom stereocenters. The van der Waals surface area contributed by atoms with E-state index in [2.05, 4.69) is 10.2 Å². The number of rotatable bonds is 3. The lowest BCUT2D eigenvalue weighted by atomic mass is 10.1. The van der Waals surface area contributed by atoms with Crippen LogP contribution in [0.1, 0.15) is 15.6 Å². The molecule has 1 heterocycles. The molecule has 78 valence electrons. The van der Waals surface area contributed by atoms with Gasteiger partial charge in [-0.15, -0.1) is 10.2 Å². The molecule has 1 aromatic heterocycles. The van der Waals surface area contributed by atoms with Crippen molar-refractivity contribution in [2.45, 2.75) is 13.0 Å². The first-order chi connectivity index (χ1) is 7.28. The standard InChI is InChI=1S/C10H10FN3S/c11-8-3-1-2-7(4-8)5-9-13-14-10(6-12)15-9/h1-4H,5-6,12H2. The maximum absolute atomic E-state index is 12.9. The van der Waals surface area contributed by atoms with Crippen molar-refractivity contribution in [3.8, 4) is 0 Å². The van der Waals surface area contributed by atoms with Gasteiger partial charge < -0.3 is 5.73 Å². The average Bonchev–Trinajstić information content (AvgIpc) is 2.65. The molecule has 0 fully saturated rings. The van der Waals surface area contributed by atoms with Gasteiger partial charge in [-0.2, -0.15) is 0 Å². The van der Waals surface area contributed by atoms with Crippen molar-refractivity contribution in [3.63, 3.8) is 0 Å². The highest BCUT2D eigenvalue weighted by molar-refractivity contribution is 7.11. The van der Waals surface area contributed by atoms with E-state index in [1.165, 1.54) is 23.5 Å². The fourth-order valence-corrected chi connectivity index (χ4v) is 2.02. The molecule has 0 saturated carbocycles. The van der Waals surface area contributed by atoms with Crippen LogP contribution in [0.25, 0.3) is 0 Å². The van der Waals surface area contributed by atoms with Crippen LogP contribution in [0.4, 0.5) is 4.39 Å². The van der Waals surface area contributed by atoms with E-state index in [0.29, 0.717) is 13.0 Å². The van der Waals surface area contributed by atoms with Crippen LogP contribution in [0.15, 0.2) is 24.3 Å². The van der Waals surface area contributed by atoms with Crippen molar-refractivity contribution >= 4 is 11.3 Å². The Labute approximate surface area is 90.8 Å². The Morgan fingerprint density at radius 1 is 1.27 bits per heavy atom. The Bertz CT molecular complexity index is 455. The van der Waals surface area contributed by atoms with E-state index in [1.54, 1.807) is 6.07 Å². The zero-order valence-corrected chi connectivity index (χ0v) is 8.80. The van der Waals surface area contributed by atoms with Crippen LogP contribution < -0.4 is 5.73 Å². The van der Waals surface area contributed by atoms with Gasteiger partial charge >= 0.3 is 0 Å². The summed E-state index contributed by atoms with van der Waals surface area (Å²) in [5.74, 6) is -0.226. The number of nitrogens with zero attached hydrogens (tertiary/aromatic N) is 2. The molecule has 0 spiro atoms. The van der Waals surface area contributed by atoms with E-state index >= 15 is 0 Å². The molecule has 1 aromatic carbocycles. The molecule has 2 N–H and O–H groups in total. The van der Waals surface area contributed by atoms with Crippen LogP contribution in [0.3, 0.4) is 0 Å². The van der Waals surface area contributed by atoms with E-state index in [0.717, 1.165) is 15.6 Å². The van der Waals surface area contributed by atoms with E-state index in [1.807, 2.05) is 6.07 Å². The van der Waals surface area contributed by atoms with Gasteiger partial charge in [0, 0.05) is 13.0 Å². The summed E-state index contributed by atoms with van der Waals surface area (Å²) in [4.78, 5) is 0. The van der Waals surface area contributed by atoms with E-state index < -0.39 is 0 Å². The highest BCUT2D eigenvalue weighted by Gasteiger charge is 2.04. The van der Waals surface area contributed by atoms with Gasteiger partial charge in [0.05, 0.1) is 0 Å². The van der Waals surface area contributed by atoms with Crippen molar-refractivity contribution in [2.75, 3.05) is 0 Å². The molecule has 0 radical (unpaired) electrons. The number of hydrogen-bond donors (Lipinski definition) is 1. The predicted molar refractivity (Wildman–Crippen MR) is 57.0 cm³/mol. The SMILES string of the molecule is NCc1nnc(Cc2cccc(F)c2)s1. The Hall–Kier alpha value is -1.33. The fourth-order valence-electron chi connectivity index (χ4n) is 1.26. The van der Waals surface area contributed by atoms with Crippen LogP contribution >= 0.6 is 11.3 Å². The van der Waals surface area contributed by atoms with Crippen LogP contribution in [-0.2, 0) is 13.0 Å². The van der Waals surface area contributed by atoms with Gasteiger partial charge in [0.15, 0.2) is 0 Å². The normalized spacial score (nSPS) is 10.5. The fraction of sp³-hybridized carbons (Fsp3) is 0.200. The quantitative estimate of drug-likeness (QED) is 0.862. The minimum Gasteiger partial charge on any atom is -0.324 e. The second-order valence-corrected chi connectivity index (χ2v) is 4.25. The summed E-state index contributed by atoms with van der Waals surface area (Å²) in [5.41, 5.74) is 6.33. The summed E-state index contributed by atoms with van der Waals surface area (Å²) in [6, 6.07) is 6.49. The molecule has 0 aliphatic heterocycles. The molecule has 0 bridgehead atoms. The zero-order chi connectivity index (χ0) is 10.7. The average molecular weight is 223 g/mol. The first-order valence-corrected chi connectivity index (χ1v) is 5.35. The summed E-state index contributed by atoms with van der Waals surface area (Å²) in [7, 11) is 0. The number of halogens is 1. The molecular formula is C10H10FN3S. The molecule has 15 heavy (non-hydrogen) atoms.